The molecule has 1 aliphatic rings. The zero-order valence-corrected chi connectivity index (χ0v) is 17.8. The number of anilines is 2. The first-order chi connectivity index (χ1) is 13.2. The number of halogens is 1. The van der Waals surface area contributed by atoms with Crippen LogP contribution < -0.4 is 9.21 Å². The summed E-state index contributed by atoms with van der Waals surface area (Å²) in [6, 6.07) is 12.9. The van der Waals surface area contributed by atoms with Crippen LogP contribution in [0.3, 0.4) is 0 Å². The molecule has 0 aliphatic carbocycles. The summed E-state index contributed by atoms with van der Waals surface area (Å²) in [5, 5.41) is 0.693. The molecule has 8 heteroatoms. The lowest BCUT2D eigenvalue weighted by atomic mass is 10.1. The molecule has 1 aliphatic heterocycles. The van der Waals surface area contributed by atoms with Crippen molar-refractivity contribution in [2.75, 3.05) is 48.7 Å². The number of piperazine rings is 1. The summed E-state index contributed by atoms with van der Waals surface area (Å²) >= 11 is 6.07. The first kappa shape index (κ1) is 20.5. The molecule has 0 atom stereocenters. The maximum absolute atomic E-state index is 13.0. The summed E-state index contributed by atoms with van der Waals surface area (Å²) in [4.78, 5) is 17.0. The van der Waals surface area contributed by atoms with Gasteiger partial charge in [-0.2, -0.15) is 0 Å². The Kier molecular flexibility index (Phi) is 5.86. The van der Waals surface area contributed by atoms with Gasteiger partial charge in [0.05, 0.1) is 11.9 Å². The molecule has 3 rings (SSSR count). The van der Waals surface area contributed by atoms with Crippen molar-refractivity contribution in [3.05, 3.63) is 58.6 Å². The van der Waals surface area contributed by atoms with Gasteiger partial charge < -0.3 is 9.80 Å². The molecular weight excluding hydrogens is 398 g/mol. The average Bonchev–Trinajstić information content (AvgIpc) is 2.67. The molecule has 0 radical (unpaired) electrons. The second-order valence-electron chi connectivity index (χ2n) is 6.99. The number of carbonyl (C=O) groups excluding carboxylic acids is 1. The zero-order valence-electron chi connectivity index (χ0n) is 16.2. The van der Waals surface area contributed by atoms with Gasteiger partial charge in [-0.15, -0.1) is 0 Å². The van der Waals surface area contributed by atoms with Crippen molar-refractivity contribution in [1.82, 2.24) is 4.90 Å². The third-order valence-electron chi connectivity index (χ3n) is 5.03. The molecule has 1 saturated heterocycles. The van der Waals surface area contributed by atoms with E-state index in [9.17, 15) is 13.2 Å². The van der Waals surface area contributed by atoms with Crippen LogP contribution in [0.2, 0.25) is 5.02 Å². The highest BCUT2D eigenvalue weighted by molar-refractivity contribution is 7.92. The van der Waals surface area contributed by atoms with Crippen LogP contribution in [0.5, 0.6) is 0 Å². The highest BCUT2D eigenvalue weighted by atomic mass is 35.5. The van der Waals surface area contributed by atoms with E-state index in [0.717, 1.165) is 17.5 Å². The first-order valence-electron chi connectivity index (χ1n) is 9.01. The van der Waals surface area contributed by atoms with Crippen molar-refractivity contribution in [2.45, 2.75) is 6.92 Å². The Morgan fingerprint density at radius 2 is 1.75 bits per heavy atom. The first-order valence-corrected chi connectivity index (χ1v) is 11.2. The Balaban J connectivity index is 1.73. The fourth-order valence-corrected chi connectivity index (χ4v) is 4.02. The molecule has 0 bridgehead atoms. The number of benzene rings is 2. The van der Waals surface area contributed by atoms with Crippen molar-refractivity contribution in [1.29, 1.82) is 0 Å². The minimum Gasteiger partial charge on any atom is -0.368 e. The molecule has 0 saturated carbocycles. The molecule has 150 valence electrons. The molecule has 0 aromatic heterocycles. The van der Waals surface area contributed by atoms with E-state index in [4.69, 9.17) is 11.6 Å². The van der Waals surface area contributed by atoms with Gasteiger partial charge >= 0.3 is 0 Å². The van der Waals surface area contributed by atoms with Crippen molar-refractivity contribution in [2.24, 2.45) is 0 Å². The lowest BCUT2D eigenvalue weighted by Crippen LogP contribution is -2.48. The van der Waals surface area contributed by atoms with Gasteiger partial charge in [-0.05, 0) is 42.8 Å². The van der Waals surface area contributed by atoms with E-state index in [1.807, 2.05) is 31.2 Å². The Hall–Kier alpha value is -2.25. The fraction of sp³-hybridized carbons (Fsp3) is 0.350. The topological polar surface area (TPSA) is 60.9 Å². The largest absolute Gasteiger partial charge is 0.368 e. The second kappa shape index (κ2) is 8.01. The van der Waals surface area contributed by atoms with Crippen molar-refractivity contribution in [3.63, 3.8) is 0 Å². The molecule has 2 aromatic carbocycles. The van der Waals surface area contributed by atoms with Gasteiger partial charge in [0.15, 0.2) is 0 Å². The molecule has 28 heavy (non-hydrogen) atoms. The van der Waals surface area contributed by atoms with Crippen LogP contribution in [0, 0.1) is 6.92 Å². The molecule has 2 aromatic rings. The molecule has 0 N–H and O–H groups in total. The van der Waals surface area contributed by atoms with Crippen LogP contribution in [0.1, 0.15) is 15.9 Å². The van der Waals surface area contributed by atoms with E-state index < -0.39 is 10.0 Å². The van der Waals surface area contributed by atoms with Crippen LogP contribution >= 0.6 is 11.6 Å². The Bertz CT molecular complexity index is 986. The summed E-state index contributed by atoms with van der Waals surface area (Å²) in [5.41, 5.74) is 2.86. The Labute approximate surface area is 171 Å². The van der Waals surface area contributed by atoms with Gasteiger partial charge in [0.1, 0.15) is 0 Å². The van der Waals surface area contributed by atoms with Crippen LogP contribution in [0.25, 0.3) is 0 Å². The third kappa shape index (κ3) is 4.42. The van der Waals surface area contributed by atoms with E-state index in [-0.39, 0.29) is 5.91 Å². The predicted octanol–water partition coefficient (Wildman–Crippen LogP) is 3.01. The van der Waals surface area contributed by atoms with Gasteiger partial charge in [-0.3, -0.25) is 9.10 Å². The number of nitrogens with zero attached hydrogens (tertiary/aromatic N) is 3. The fourth-order valence-electron chi connectivity index (χ4n) is 3.28. The minimum atomic E-state index is -3.40. The van der Waals surface area contributed by atoms with E-state index in [0.29, 0.717) is 42.5 Å². The second-order valence-corrected chi connectivity index (χ2v) is 9.44. The van der Waals surface area contributed by atoms with Crippen LogP contribution in [-0.4, -0.2) is 58.7 Å². The average molecular weight is 422 g/mol. The zero-order chi connectivity index (χ0) is 20.5. The SMILES string of the molecule is Cc1ccc(C(=O)N2CCN(c3cccc(Cl)c3)CC2)cc1N(C)S(C)(=O)=O. The highest BCUT2D eigenvalue weighted by Crippen LogP contribution is 2.25. The number of carbonyl (C=O) groups is 1. The van der Waals surface area contributed by atoms with Gasteiger partial charge in [-0.1, -0.05) is 23.7 Å². The molecule has 0 spiro atoms. The molecule has 0 unspecified atom stereocenters. The van der Waals surface area contributed by atoms with Gasteiger partial charge in [-0.25, -0.2) is 8.42 Å². The van der Waals surface area contributed by atoms with Crippen molar-refractivity contribution < 1.29 is 13.2 Å². The van der Waals surface area contributed by atoms with E-state index in [1.165, 1.54) is 11.4 Å². The predicted molar refractivity (Wildman–Crippen MR) is 114 cm³/mol. The molecule has 1 amide bonds. The summed E-state index contributed by atoms with van der Waals surface area (Å²) in [5.74, 6) is -0.0890. The van der Waals surface area contributed by atoms with Crippen LogP contribution in [-0.2, 0) is 10.0 Å². The number of hydrogen-bond acceptors (Lipinski definition) is 4. The quantitative estimate of drug-likeness (QED) is 0.761. The number of rotatable bonds is 4. The number of sulfonamides is 1. The van der Waals surface area contributed by atoms with Gasteiger partial charge in [0, 0.05) is 49.5 Å². The summed E-state index contributed by atoms with van der Waals surface area (Å²) in [6.07, 6.45) is 1.15. The van der Waals surface area contributed by atoms with Crippen LogP contribution in [0.4, 0.5) is 11.4 Å². The van der Waals surface area contributed by atoms with E-state index in [1.54, 1.807) is 23.1 Å². The maximum Gasteiger partial charge on any atom is 0.254 e. The number of aryl methyl sites for hydroxylation is 1. The molecule has 1 fully saturated rings. The Morgan fingerprint density at radius 1 is 1.07 bits per heavy atom. The molecular formula is C20H24ClN3O3S. The summed E-state index contributed by atoms with van der Waals surface area (Å²) in [6.45, 7) is 4.45. The molecule has 6 nitrogen and oxygen atoms in total. The smallest absolute Gasteiger partial charge is 0.254 e. The maximum atomic E-state index is 13.0. The van der Waals surface area contributed by atoms with Gasteiger partial charge in [0.2, 0.25) is 10.0 Å². The monoisotopic (exact) mass is 421 g/mol. The van der Waals surface area contributed by atoms with E-state index in [2.05, 4.69) is 4.90 Å². The van der Waals surface area contributed by atoms with E-state index >= 15 is 0 Å². The van der Waals surface area contributed by atoms with Gasteiger partial charge in [0.25, 0.3) is 5.91 Å². The third-order valence-corrected chi connectivity index (χ3v) is 6.46. The molecule has 1 heterocycles. The lowest BCUT2D eigenvalue weighted by Gasteiger charge is -2.36. The summed E-state index contributed by atoms with van der Waals surface area (Å²) < 4.78 is 25.0. The lowest BCUT2D eigenvalue weighted by molar-refractivity contribution is 0.0747. The summed E-state index contributed by atoms with van der Waals surface area (Å²) in [7, 11) is -1.90. The normalized spacial score (nSPS) is 14.9. The van der Waals surface area contributed by atoms with Crippen LogP contribution in [0.15, 0.2) is 42.5 Å². The number of hydrogen-bond donors (Lipinski definition) is 0. The Morgan fingerprint density at radius 3 is 2.36 bits per heavy atom. The van der Waals surface area contributed by atoms with Crippen molar-refractivity contribution >= 4 is 38.9 Å². The standard InChI is InChI=1S/C20H24ClN3O3S/c1-15-7-8-16(13-19(15)22(2)28(3,26)27)20(25)24-11-9-23(10-12-24)18-6-4-5-17(21)14-18/h4-8,13-14H,9-12H2,1-3H3. The van der Waals surface area contributed by atoms with Crippen molar-refractivity contribution in [3.8, 4) is 0 Å². The minimum absolute atomic E-state index is 0.0890. The highest BCUT2D eigenvalue weighted by Gasteiger charge is 2.24. The number of amides is 1.